The van der Waals surface area contributed by atoms with Gasteiger partial charge in [0, 0.05) is 56.3 Å². The first-order valence-electron chi connectivity index (χ1n) is 13.4. The Labute approximate surface area is 210 Å². The lowest BCUT2D eigenvalue weighted by Crippen LogP contribution is -2.48. The predicted molar refractivity (Wildman–Crippen MR) is 145 cm³/mol. The van der Waals surface area contributed by atoms with Crippen molar-refractivity contribution in [3.63, 3.8) is 0 Å². The number of anilines is 1. The fourth-order valence-electron chi connectivity index (χ4n) is 5.80. The van der Waals surface area contributed by atoms with Crippen LogP contribution in [0.4, 0.5) is 5.82 Å². The first-order chi connectivity index (χ1) is 17.1. The molecule has 3 aromatic rings. The van der Waals surface area contributed by atoms with Crippen LogP contribution < -0.4 is 10.2 Å². The molecule has 1 unspecified atom stereocenters. The van der Waals surface area contributed by atoms with Gasteiger partial charge in [0.2, 0.25) is 0 Å². The quantitative estimate of drug-likeness (QED) is 0.514. The van der Waals surface area contributed by atoms with Crippen LogP contribution in [0.25, 0.3) is 10.9 Å². The number of aryl methyl sites for hydroxylation is 1. The molecule has 1 atom stereocenters. The van der Waals surface area contributed by atoms with Crippen LogP contribution in [0.5, 0.6) is 0 Å². The van der Waals surface area contributed by atoms with Gasteiger partial charge in [-0.05, 0) is 55.7 Å². The van der Waals surface area contributed by atoms with Gasteiger partial charge >= 0.3 is 0 Å². The molecule has 2 fully saturated rings. The van der Waals surface area contributed by atoms with Gasteiger partial charge in [0.1, 0.15) is 5.82 Å². The third kappa shape index (κ3) is 5.69. The number of fused-ring (bicyclic) bond motifs is 1. The molecule has 0 aliphatic carbocycles. The lowest BCUT2D eigenvalue weighted by Gasteiger charge is -2.41. The summed E-state index contributed by atoms with van der Waals surface area (Å²) in [6.45, 7) is 10.4. The van der Waals surface area contributed by atoms with Crippen molar-refractivity contribution in [2.24, 2.45) is 0 Å². The Balaban J connectivity index is 1.30. The lowest BCUT2D eigenvalue weighted by atomic mass is 9.98. The van der Waals surface area contributed by atoms with Crippen LogP contribution in [0.2, 0.25) is 0 Å². The number of para-hydroxylation sites is 1. The fraction of sp³-hybridized carbons (Fsp3) is 0.500. The average Bonchev–Trinajstić information content (AvgIpc) is 2.90. The van der Waals surface area contributed by atoms with Crippen molar-refractivity contribution in [2.75, 3.05) is 37.6 Å². The molecule has 2 N–H and O–H groups in total. The third-order valence-corrected chi connectivity index (χ3v) is 8.02. The van der Waals surface area contributed by atoms with Gasteiger partial charge in [-0.2, -0.15) is 0 Å². The van der Waals surface area contributed by atoms with Gasteiger partial charge in [0.15, 0.2) is 0 Å². The topological polar surface area (TPSA) is 51.6 Å². The third-order valence-electron chi connectivity index (χ3n) is 8.02. The molecular weight excluding hydrogens is 432 g/mol. The molecule has 0 bridgehead atoms. The first-order valence-corrected chi connectivity index (χ1v) is 13.4. The molecule has 2 aliphatic heterocycles. The number of hydrogen-bond acceptors (Lipinski definition) is 5. The van der Waals surface area contributed by atoms with E-state index in [0.717, 1.165) is 63.4 Å². The van der Waals surface area contributed by atoms with E-state index in [9.17, 15) is 5.11 Å². The number of benzene rings is 2. The number of hydrogen-bond donors (Lipinski definition) is 2. The minimum Gasteiger partial charge on any atom is -0.393 e. The summed E-state index contributed by atoms with van der Waals surface area (Å²) in [5.74, 6) is 1.62. The maximum absolute atomic E-state index is 9.88. The molecule has 186 valence electrons. The SMILES string of the molecule is Cc1cccc2cc(CNCC(C)c3ccccc3)c(N3CCC(N4CCC(O)CC4)CC3)nc12. The number of nitrogens with one attached hydrogen (secondary N) is 1. The van der Waals surface area contributed by atoms with E-state index < -0.39 is 0 Å². The van der Waals surface area contributed by atoms with Crippen molar-refractivity contribution in [2.45, 2.75) is 64.1 Å². The van der Waals surface area contributed by atoms with E-state index in [1.807, 2.05) is 0 Å². The van der Waals surface area contributed by atoms with Crippen molar-refractivity contribution in [1.82, 2.24) is 15.2 Å². The van der Waals surface area contributed by atoms with E-state index in [4.69, 9.17) is 4.98 Å². The van der Waals surface area contributed by atoms with E-state index in [-0.39, 0.29) is 6.10 Å². The largest absolute Gasteiger partial charge is 0.393 e. The first kappa shape index (κ1) is 24.2. The zero-order chi connectivity index (χ0) is 24.2. The number of piperidine rings is 2. The number of likely N-dealkylation sites (tertiary alicyclic amines) is 1. The van der Waals surface area contributed by atoms with Crippen molar-refractivity contribution in [3.8, 4) is 0 Å². The molecule has 2 aromatic carbocycles. The number of aromatic nitrogens is 1. The Morgan fingerprint density at radius 2 is 1.71 bits per heavy atom. The number of rotatable bonds is 7. The summed E-state index contributed by atoms with van der Waals surface area (Å²) in [6, 6.07) is 20.2. The van der Waals surface area contributed by atoms with Crippen LogP contribution in [0.1, 0.15) is 55.2 Å². The number of aliphatic hydroxyl groups is 1. The van der Waals surface area contributed by atoms with Crippen LogP contribution in [0, 0.1) is 6.92 Å². The van der Waals surface area contributed by atoms with Gasteiger partial charge in [0.25, 0.3) is 0 Å². The number of nitrogens with zero attached hydrogens (tertiary/aromatic N) is 3. The molecule has 5 rings (SSSR count). The summed E-state index contributed by atoms with van der Waals surface area (Å²) in [5.41, 5.74) is 5.03. The summed E-state index contributed by atoms with van der Waals surface area (Å²) >= 11 is 0. The van der Waals surface area contributed by atoms with Crippen LogP contribution in [0.3, 0.4) is 0 Å². The van der Waals surface area contributed by atoms with Gasteiger partial charge in [0.05, 0.1) is 11.6 Å². The van der Waals surface area contributed by atoms with Crippen LogP contribution in [-0.2, 0) is 6.54 Å². The highest BCUT2D eigenvalue weighted by molar-refractivity contribution is 5.84. The molecular formula is C30H40N4O. The summed E-state index contributed by atoms with van der Waals surface area (Å²) in [6.07, 6.45) is 4.07. The van der Waals surface area contributed by atoms with Gasteiger partial charge < -0.3 is 20.2 Å². The molecule has 5 heteroatoms. The highest BCUT2D eigenvalue weighted by atomic mass is 16.3. The predicted octanol–water partition coefficient (Wildman–Crippen LogP) is 4.86. The second kappa shape index (κ2) is 11.1. The minimum absolute atomic E-state index is 0.101. The van der Waals surface area contributed by atoms with Gasteiger partial charge in [-0.3, -0.25) is 0 Å². The van der Waals surface area contributed by atoms with Gasteiger partial charge in [-0.25, -0.2) is 4.98 Å². The van der Waals surface area contributed by atoms with Crippen molar-refractivity contribution < 1.29 is 5.11 Å². The standard InChI is InChI=1S/C30H40N4O/c1-22-7-6-10-25-19-26(21-31-20-23(2)24-8-4-3-5-9-24)30(32-29(22)25)34-15-11-27(12-16-34)33-17-13-28(35)14-18-33/h3-10,19,23,27-28,31,35H,11-18,20-21H2,1-2H3. The number of aliphatic hydroxyl groups excluding tert-OH is 1. The Morgan fingerprint density at radius 3 is 2.46 bits per heavy atom. The highest BCUT2D eigenvalue weighted by Gasteiger charge is 2.29. The molecule has 2 saturated heterocycles. The molecule has 2 aliphatic rings. The normalized spacial score (nSPS) is 19.3. The Morgan fingerprint density at radius 1 is 0.971 bits per heavy atom. The van der Waals surface area contributed by atoms with Gasteiger partial charge in [-0.15, -0.1) is 0 Å². The van der Waals surface area contributed by atoms with Crippen LogP contribution in [-0.4, -0.2) is 59.9 Å². The Hall–Kier alpha value is -2.47. The van der Waals surface area contributed by atoms with Gasteiger partial charge in [-0.1, -0.05) is 55.5 Å². The summed E-state index contributed by atoms with van der Waals surface area (Å²) < 4.78 is 0. The van der Waals surface area contributed by atoms with E-state index in [1.54, 1.807) is 0 Å². The van der Waals surface area contributed by atoms with Crippen molar-refractivity contribution >= 4 is 16.7 Å². The highest BCUT2D eigenvalue weighted by Crippen LogP contribution is 2.29. The fourth-order valence-corrected chi connectivity index (χ4v) is 5.80. The van der Waals surface area contributed by atoms with E-state index in [2.05, 4.69) is 83.6 Å². The van der Waals surface area contributed by atoms with E-state index in [1.165, 1.54) is 34.9 Å². The molecule has 35 heavy (non-hydrogen) atoms. The zero-order valence-corrected chi connectivity index (χ0v) is 21.3. The maximum atomic E-state index is 9.88. The number of pyridine rings is 1. The second-order valence-corrected chi connectivity index (χ2v) is 10.5. The molecule has 3 heterocycles. The summed E-state index contributed by atoms with van der Waals surface area (Å²) in [4.78, 5) is 10.4. The molecule has 0 spiro atoms. The van der Waals surface area contributed by atoms with Crippen LogP contribution >= 0.6 is 0 Å². The average molecular weight is 473 g/mol. The van der Waals surface area contributed by atoms with Crippen LogP contribution in [0.15, 0.2) is 54.6 Å². The smallest absolute Gasteiger partial charge is 0.133 e. The zero-order valence-electron chi connectivity index (χ0n) is 21.3. The van der Waals surface area contributed by atoms with E-state index in [0.29, 0.717) is 12.0 Å². The maximum Gasteiger partial charge on any atom is 0.133 e. The van der Waals surface area contributed by atoms with Crippen molar-refractivity contribution in [1.29, 1.82) is 0 Å². The molecule has 1 aromatic heterocycles. The minimum atomic E-state index is -0.101. The summed E-state index contributed by atoms with van der Waals surface area (Å²) in [7, 11) is 0. The van der Waals surface area contributed by atoms with Crippen molar-refractivity contribution in [3.05, 3.63) is 71.3 Å². The monoisotopic (exact) mass is 472 g/mol. The van der Waals surface area contributed by atoms with E-state index >= 15 is 0 Å². The summed E-state index contributed by atoms with van der Waals surface area (Å²) in [5, 5.41) is 14.8. The molecule has 0 saturated carbocycles. The lowest BCUT2D eigenvalue weighted by molar-refractivity contribution is 0.0541. The molecule has 0 amide bonds. The Kier molecular flexibility index (Phi) is 7.66. The molecule has 5 nitrogen and oxygen atoms in total. The molecule has 0 radical (unpaired) electrons. The Bertz CT molecular complexity index is 1100. The second-order valence-electron chi connectivity index (χ2n) is 10.5.